The molecule has 0 fully saturated rings. The number of nitrogens with one attached hydrogen (secondary N) is 1. The summed E-state index contributed by atoms with van der Waals surface area (Å²) in [6.45, 7) is 4.26. The highest BCUT2D eigenvalue weighted by molar-refractivity contribution is 7.99. The van der Waals surface area contributed by atoms with E-state index >= 15 is 0 Å². The molecule has 0 heterocycles. The van der Waals surface area contributed by atoms with E-state index in [9.17, 15) is 9.59 Å². The Labute approximate surface area is 239 Å². The minimum absolute atomic E-state index is 0.00807. The number of thioether (sulfide) groups is 1. The second-order valence-electron chi connectivity index (χ2n) is 9.09. The maximum Gasteiger partial charge on any atom is 0.243 e. The van der Waals surface area contributed by atoms with E-state index in [1.54, 1.807) is 30.2 Å². The van der Waals surface area contributed by atoms with Crippen LogP contribution in [0.3, 0.4) is 0 Å². The SMILES string of the molecule is CC[C@H](C)NC(=O)[C@H](Cc1ccccc1)N(Cc1cccc(OC)c1)C(=O)CSCc1c(Cl)cccc1Cl. The Balaban J connectivity index is 1.89. The Morgan fingerprint density at radius 2 is 1.63 bits per heavy atom. The standard InChI is InChI=1S/C30H34Cl2N2O3S/c1-4-21(2)33-30(36)28(17-22-10-6-5-7-11-22)34(18-23-12-8-13-24(16-23)37-3)29(35)20-38-19-25-26(31)14-9-15-27(25)32/h5-16,21,28H,4,17-20H2,1-3H3,(H,33,36)/t21-,28-/m0/s1. The molecule has 2 atom stereocenters. The number of halogens is 2. The molecule has 0 radical (unpaired) electrons. The fraction of sp³-hybridized carbons (Fsp3) is 0.333. The molecule has 3 rings (SSSR count). The summed E-state index contributed by atoms with van der Waals surface area (Å²) >= 11 is 14.1. The lowest BCUT2D eigenvalue weighted by Crippen LogP contribution is -2.52. The number of carbonyl (C=O) groups excluding carboxylic acids is 2. The summed E-state index contributed by atoms with van der Waals surface area (Å²) in [4.78, 5) is 29.1. The molecule has 0 aromatic heterocycles. The van der Waals surface area contributed by atoms with Crippen LogP contribution in [0.4, 0.5) is 0 Å². The predicted octanol–water partition coefficient (Wildman–Crippen LogP) is 6.79. The number of carbonyl (C=O) groups is 2. The van der Waals surface area contributed by atoms with Crippen molar-refractivity contribution >= 4 is 46.8 Å². The molecule has 0 aliphatic rings. The number of hydrogen-bond acceptors (Lipinski definition) is 4. The van der Waals surface area contributed by atoms with Gasteiger partial charge in [-0.1, -0.05) is 78.7 Å². The molecule has 2 amide bonds. The minimum atomic E-state index is -0.686. The first kappa shape index (κ1) is 29.9. The van der Waals surface area contributed by atoms with Crippen LogP contribution in [0.2, 0.25) is 10.0 Å². The second kappa shape index (κ2) is 15.1. The van der Waals surface area contributed by atoms with Gasteiger partial charge in [0.2, 0.25) is 11.8 Å². The number of rotatable bonds is 13. The Hall–Kier alpha value is -2.67. The molecule has 1 N–H and O–H groups in total. The van der Waals surface area contributed by atoms with E-state index in [1.165, 1.54) is 11.8 Å². The first-order valence-corrected chi connectivity index (χ1v) is 14.5. The molecule has 38 heavy (non-hydrogen) atoms. The highest BCUT2D eigenvalue weighted by Crippen LogP contribution is 2.29. The summed E-state index contributed by atoms with van der Waals surface area (Å²) in [7, 11) is 1.61. The third kappa shape index (κ3) is 8.69. The Morgan fingerprint density at radius 3 is 2.29 bits per heavy atom. The third-order valence-electron chi connectivity index (χ3n) is 6.29. The number of methoxy groups -OCH3 is 1. The first-order valence-electron chi connectivity index (χ1n) is 12.6. The number of ether oxygens (including phenoxy) is 1. The molecule has 0 aliphatic carbocycles. The van der Waals surface area contributed by atoms with Crippen LogP contribution in [0, 0.1) is 0 Å². The van der Waals surface area contributed by atoms with Gasteiger partial charge in [-0.3, -0.25) is 9.59 Å². The highest BCUT2D eigenvalue weighted by atomic mass is 35.5. The molecule has 0 spiro atoms. The summed E-state index contributed by atoms with van der Waals surface area (Å²) in [6, 6.07) is 22.0. The van der Waals surface area contributed by atoms with Crippen molar-refractivity contribution in [3.8, 4) is 5.75 Å². The molecule has 0 saturated carbocycles. The molecule has 8 heteroatoms. The van der Waals surface area contributed by atoms with Gasteiger partial charge in [0.25, 0.3) is 0 Å². The van der Waals surface area contributed by atoms with Gasteiger partial charge in [0, 0.05) is 34.8 Å². The Morgan fingerprint density at radius 1 is 0.974 bits per heavy atom. The van der Waals surface area contributed by atoms with E-state index in [0.29, 0.717) is 28.0 Å². The molecule has 202 valence electrons. The fourth-order valence-electron chi connectivity index (χ4n) is 3.96. The van der Waals surface area contributed by atoms with Gasteiger partial charge in [0.15, 0.2) is 0 Å². The number of nitrogens with zero attached hydrogens (tertiary/aromatic N) is 1. The van der Waals surface area contributed by atoms with Crippen molar-refractivity contribution in [1.82, 2.24) is 10.2 Å². The van der Waals surface area contributed by atoms with E-state index in [1.807, 2.05) is 68.4 Å². The third-order valence-corrected chi connectivity index (χ3v) is 7.94. The highest BCUT2D eigenvalue weighted by Gasteiger charge is 2.31. The zero-order valence-corrected chi connectivity index (χ0v) is 24.3. The van der Waals surface area contributed by atoms with Gasteiger partial charge in [-0.25, -0.2) is 0 Å². The van der Waals surface area contributed by atoms with Gasteiger partial charge >= 0.3 is 0 Å². The van der Waals surface area contributed by atoms with Crippen molar-refractivity contribution in [3.05, 3.63) is 99.5 Å². The van der Waals surface area contributed by atoms with E-state index < -0.39 is 6.04 Å². The molecular formula is C30H34Cl2N2O3S. The van der Waals surface area contributed by atoms with Crippen LogP contribution in [0.15, 0.2) is 72.8 Å². The summed E-state index contributed by atoms with van der Waals surface area (Å²) in [5.74, 6) is 1.05. The molecule has 0 aliphatic heterocycles. The van der Waals surface area contributed by atoms with Gasteiger partial charge < -0.3 is 15.0 Å². The smallest absolute Gasteiger partial charge is 0.243 e. The van der Waals surface area contributed by atoms with Crippen LogP contribution in [0.25, 0.3) is 0 Å². The number of hydrogen-bond donors (Lipinski definition) is 1. The molecule has 3 aromatic rings. The van der Waals surface area contributed by atoms with Gasteiger partial charge in [-0.2, -0.15) is 0 Å². The van der Waals surface area contributed by atoms with Crippen molar-refractivity contribution < 1.29 is 14.3 Å². The number of benzene rings is 3. The second-order valence-corrected chi connectivity index (χ2v) is 10.9. The van der Waals surface area contributed by atoms with Crippen LogP contribution in [0.1, 0.15) is 37.0 Å². The van der Waals surface area contributed by atoms with E-state index in [0.717, 1.165) is 23.1 Å². The van der Waals surface area contributed by atoms with Crippen LogP contribution in [0.5, 0.6) is 5.75 Å². The fourth-order valence-corrected chi connectivity index (χ4v) is 5.60. The summed E-state index contributed by atoms with van der Waals surface area (Å²) in [5.41, 5.74) is 2.66. The van der Waals surface area contributed by atoms with Crippen molar-refractivity contribution in [2.75, 3.05) is 12.9 Å². The van der Waals surface area contributed by atoms with Gasteiger partial charge in [-0.05, 0) is 54.3 Å². The van der Waals surface area contributed by atoms with E-state index in [-0.39, 0.29) is 30.2 Å². The van der Waals surface area contributed by atoms with Gasteiger partial charge in [-0.15, -0.1) is 11.8 Å². The lowest BCUT2D eigenvalue weighted by atomic mass is 10.0. The first-order chi connectivity index (χ1) is 18.3. The van der Waals surface area contributed by atoms with Gasteiger partial charge in [0.05, 0.1) is 12.9 Å². The number of amides is 2. The average Bonchev–Trinajstić information content (AvgIpc) is 2.92. The quantitative estimate of drug-likeness (QED) is 0.245. The lowest BCUT2D eigenvalue weighted by molar-refractivity contribution is -0.139. The Bertz CT molecular complexity index is 1190. The average molecular weight is 574 g/mol. The van der Waals surface area contributed by atoms with E-state index in [2.05, 4.69) is 5.32 Å². The van der Waals surface area contributed by atoms with Crippen LogP contribution in [-0.4, -0.2) is 41.7 Å². The zero-order valence-electron chi connectivity index (χ0n) is 22.0. The topological polar surface area (TPSA) is 58.6 Å². The molecular weight excluding hydrogens is 539 g/mol. The molecule has 3 aromatic carbocycles. The van der Waals surface area contributed by atoms with Gasteiger partial charge in [0.1, 0.15) is 11.8 Å². The van der Waals surface area contributed by atoms with Crippen LogP contribution in [-0.2, 0) is 28.3 Å². The summed E-state index contributed by atoms with van der Waals surface area (Å²) in [6.07, 6.45) is 1.20. The largest absolute Gasteiger partial charge is 0.497 e. The van der Waals surface area contributed by atoms with Crippen LogP contribution < -0.4 is 10.1 Å². The van der Waals surface area contributed by atoms with Crippen molar-refractivity contribution in [1.29, 1.82) is 0 Å². The monoisotopic (exact) mass is 572 g/mol. The normalized spacial score (nSPS) is 12.4. The molecule has 5 nitrogen and oxygen atoms in total. The summed E-state index contributed by atoms with van der Waals surface area (Å²) in [5, 5.41) is 4.23. The Kier molecular flexibility index (Phi) is 11.8. The maximum atomic E-state index is 13.8. The van der Waals surface area contributed by atoms with Crippen molar-refractivity contribution in [3.63, 3.8) is 0 Å². The molecule has 0 saturated heterocycles. The van der Waals surface area contributed by atoms with Crippen molar-refractivity contribution in [2.24, 2.45) is 0 Å². The van der Waals surface area contributed by atoms with Crippen molar-refractivity contribution in [2.45, 2.75) is 51.1 Å². The maximum absolute atomic E-state index is 13.8. The lowest BCUT2D eigenvalue weighted by Gasteiger charge is -2.32. The summed E-state index contributed by atoms with van der Waals surface area (Å²) < 4.78 is 5.39. The van der Waals surface area contributed by atoms with E-state index in [4.69, 9.17) is 27.9 Å². The predicted molar refractivity (Wildman–Crippen MR) is 158 cm³/mol. The molecule has 0 unspecified atom stereocenters. The van der Waals surface area contributed by atoms with Crippen LogP contribution >= 0.6 is 35.0 Å². The molecule has 0 bridgehead atoms. The minimum Gasteiger partial charge on any atom is -0.497 e. The zero-order chi connectivity index (χ0) is 27.5.